The number of carbonyl (C=O) groups is 4. The van der Waals surface area contributed by atoms with E-state index in [4.69, 9.17) is 14.9 Å². The van der Waals surface area contributed by atoms with Crippen LogP contribution >= 0.6 is 0 Å². The van der Waals surface area contributed by atoms with Crippen molar-refractivity contribution in [3.8, 4) is 0 Å². The summed E-state index contributed by atoms with van der Waals surface area (Å²) in [6.45, 7) is 1.47. The first-order valence-electron chi connectivity index (χ1n) is 10.3. The molecule has 1 fully saturated rings. The van der Waals surface area contributed by atoms with E-state index < -0.39 is 41.7 Å². The molecular weight excluding hydrogens is 422 g/mol. The van der Waals surface area contributed by atoms with E-state index in [1.165, 1.54) is 11.8 Å². The van der Waals surface area contributed by atoms with Crippen LogP contribution in [0, 0.1) is 0 Å². The van der Waals surface area contributed by atoms with Crippen LogP contribution in [0.15, 0.2) is 30.3 Å². The largest absolute Gasteiger partial charge is 0.480 e. The number of likely N-dealkylation sites (tertiary alicyclic amines) is 1. The Morgan fingerprint density at radius 1 is 1.16 bits per heavy atom. The normalized spacial score (nSPS) is 18.8. The molecule has 1 saturated heterocycles. The smallest absolute Gasteiger partial charge is 0.407 e. The van der Waals surface area contributed by atoms with E-state index in [-0.39, 0.29) is 32.5 Å². The molecule has 1 heterocycles. The molecule has 0 radical (unpaired) electrons. The van der Waals surface area contributed by atoms with Crippen LogP contribution in [0.4, 0.5) is 4.79 Å². The van der Waals surface area contributed by atoms with Crippen molar-refractivity contribution in [3.05, 3.63) is 35.9 Å². The number of aliphatic hydroxyl groups is 2. The number of ether oxygens (including phenoxy) is 1. The fraction of sp³-hybridized carbons (Fsp3) is 0.524. The summed E-state index contributed by atoms with van der Waals surface area (Å²) in [6, 6.07) is 7.70. The molecule has 1 aromatic rings. The average molecular weight is 451 g/mol. The van der Waals surface area contributed by atoms with Gasteiger partial charge in [0, 0.05) is 13.0 Å². The van der Waals surface area contributed by atoms with Crippen LogP contribution in [-0.4, -0.2) is 75.1 Å². The van der Waals surface area contributed by atoms with Crippen LogP contribution in [0.2, 0.25) is 0 Å². The van der Waals surface area contributed by atoms with E-state index in [0.29, 0.717) is 12.8 Å². The van der Waals surface area contributed by atoms with E-state index in [1.54, 1.807) is 24.3 Å². The van der Waals surface area contributed by atoms with Gasteiger partial charge in [-0.2, -0.15) is 0 Å². The van der Waals surface area contributed by atoms with Crippen molar-refractivity contribution in [2.45, 2.75) is 57.1 Å². The molecule has 0 bridgehead atoms. The Morgan fingerprint density at radius 2 is 1.84 bits per heavy atom. The number of nitrogens with one attached hydrogen (secondary N) is 2. The van der Waals surface area contributed by atoms with E-state index >= 15 is 0 Å². The lowest BCUT2D eigenvalue weighted by Gasteiger charge is -2.35. The molecular formula is C21H29N3O8. The maximum Gasteiger partial charge on any atom is 0.407 e. The summed E-state index contributed by atoms with van der Waals surface area (Å²) >= 11 is 0. The Morgan fingerprint density at radius 3 is 2.47 bits per heavy atom. The number of carboxylic acid groups (broad SMARTS) is 1. The quantitative estimate of drug-likeness (QED) is 0.309. The number of alkyl carbamates (subject to hydrolysis) is 1. The van der Waals surface area contributed by atoms with Crippen LogP contribution in [0.3, 0.4) is 0 Å². The summed E-state index contributed by atoms with van der Waals surface area (Å²) in [7, 11) is 0. The Balaban J connectivity index is 1.90. The number of carbonyl (C=O) groups excluding carboxylic acids is 3. The van der Waals surface area contributed by atoms with Crippen molar-refractivity contribution < 1.29 is 39.2 Å². The molecule has 176 valence electrons. The topological polar surface area (TPSA) is 165 Å². The van der Waals surface area contributed by atoms with Crippen molar-refractivity contribution in [1.82, 2.24) is 15.5 Å². The summed E-state index contributed by atoms with van der Waals surface area (Å²) in [4.78, 5) is 50.1. The molecule has 0 unspecified atom stereocenters. The van der Waals surface area contributed by atoms with Gasteiger partial charge >= 0.3 is 12.1 Å². The highest BCUT2D eigenvalue weighted by atomic mass is 16.5. The van der Waals surface area contributed by atoms with Crippen LogP contribution in [-0.2, 0) is 25.7 Å². The summed E-state index contributed by atoms with van der Waals surface area (Å²) in [5.74, 6) is -2.48. The number of nitrogens with zero attached hydrogens (tertiary/aromatic N) is 1. The van der Waals surface area contributed by atoms with Crippen molar-refractivity contribution in [2.75, 3.05) is 13.1 Å². The average Bonchev–Trinajstić information content (AvgIpc) is 3.16. The van der Waals surface area contributed by atoms with Gasteiger partial charge in [0.15, 0.2) is 6.29 Å². The Kier molecular flexibility index (Phi) is 8.97. The summed E-state index contributed by atoms with van der Waals surface area (Å²) in [5, 5.41) is 31.9. The number of carboxylic acids is 1. The van der Waals surface area contributed by atoms with Crippen molar-refractivity contribution in [1.29, 1.82) is 0 Å². The Labute approximate surface area is 185 Å². The number of benzene rings is 1. The van der Waals surface area contributed by atoms with Gasteiger partial charge in [-0.25, -0.2) is 9.59 Å². The summed E-state index contributed by atoms with van der Waals surface area (Å²) < 4.78 is 5.06. The van der Waals surface area contributed by atoms with Gasteiger partial charge in [0.2, 0.25) is 11.8 Å². The monoisotopic (exact) mass is 451 g/mol. The molecule has 0 saturated carbocycles. The summed E-state index contributed by atoms with van der Waals surface area (Å²) in [6.07, 6.45) is -2.04. The molecule has 11 heteroatoms. The number of rotatable bonds is 10. The first-order chi connectivity index (χ1) is 15.1. The van der Waals surface area contributed by atoms with Crippen LogP contribution < -0.4 is 10.6 Å². The molecule has 0 aromatic heterocycles. The zero-order chi connectivity index (χ0) is 23.7. The van der Waals surface area contributed by atoms with Crippen molar-refractivity contribution in [3.63, 3.8) is 0 Å². The van der Waals surface area contributed by atoms with E-state index in [2.05, 4.69) is 10.6 Å². The highest BCUT2D eigenvalue weighted by Crippen LogP contribution is 2.29. The number of hydrogen-bond donors (Lipinski definition) is 5. The molecule has 0 spiro atoms. The molecule has 1 aliphatic heterocycles. The van der Waals surface area contributed by atoms with Crippen LogP contribution in [0.1, 0.15) is 38.2 Å². The van der Waals surface area contributed by atoms with Gasteiger partial charge in [-0.1, -0.05) is 30.3 Å². The van der Waals surface area contributed by atoms with E-state index in [9.17, 15) is 24.3 Å². The number of aliphatic hydroxyl groups excluding tert-OH is 1. The zero-order valence-electron chi connectivity index (χ0n) is 17.8. The van der Waals surface area contributed by atoms with Gasteiger partial charge in [0.25, 0.3) is 0 Å². The van der Waals surface area contributed by atoms with Gasteiger partial charge < -0.3 is 35.6 Å². The lowest BCUT2D eigenvalue weighted by atomic mass is 9.96. The minimum Gasteiger partial charge on any atom is -0.480 e. The van der Waals surface area contributed by atoms with Crippen molar-refractivity contribution in [2.24, 2.45) is 0 Å². The highest BCUT2D eigenvalue weighted by molar-refractivity contribution is 5.94. The molecule has 3 amide bonds. The van der Waals surface area contributed by atoms with Crippen LogP contribution in [0.5, 0.6) is 0 Å². The fourth-order valence-corrected chi connectivity index (χ4v) is 3.50. The van der Waals surface area contributed by atoms with Crippen molar-refractivity contribution >= 4 is 23.9 Å². The van der Waals surface area contributed by atoms with Gasteiger partial charge in [0.05, 0.1) is 0 Å². The predicted molar refractivity (Wildman–Crippen MR) is 111 cm³/mol. The Hall–Kier alpha value is -3.18. The van der Waals surface area contributed by atoms with E-state index in [0.717, 1.165) is 5.56 Å². The number of hydrogen-bond acceptors (Lipinski definition) is 7. The third-order valence-corrected chi connectivity index (χ3v) is 5.34. The summed E-state index contributed by atoms with van der Waals surface area (Å²) in [5.41, 5.74) is -0.502. The minimum absolute atomic E-state index is 0.0454. The second-order valence-corrected chi connectivity index (χ2v) is 7.76. The highest BCUT2D eigenvalue weighted by Gasteiger charge is 2.46. The maximum atomic E-state index is 12.8. The lowest BCUT2D eigenvalue weighted by Crippen LogP contribution is -2.59. The first-order valence-corrected chi connectivity index (χ1v) is 10.3. The van der Waals surface area contributed by atoms with Crippen LogP contribution in [0.25, 0.3) is 0 Å². The van der Waals surface area contributed by atoms with Gasteiger partial charge in [-0.05, 0) is 31.7 Å². The maximum absolute atomic E-state index is 12.8. The van der Waals surface area contributed by atoms with Gasteiger partial charge in [0.1, 0.15) is 24.7 Å². The molecule has 5 N–H and O–H groups in total. The fourth-order valence-electron chi connectivity index (χ4n) is 3.50. The second-order valence-electron chi connectivity index (χ2n) is 7.76. The molecule has 32 heavy (non-hydrogen) atoms. The number of amides is 3. The minimum atomic E-state index is -1.69. The molecule has 11 nitrogen and oxygen atoms in total. The molecule has 1 aromatic carbocycles. The van der Waals surface area contributed by atoms with E-state index in [1.807, 2.05) is 6.07 Å². The third kappa shape index (κ3) is 6.92. The molecule has 0 aliphatic carbocycles. The third-order valence-electron chi connectivity index (χ3n) is 5.34. The molecule has 1 aliphatic rings. The first kappa shape index (κ1) is 25.1. The number of aliphatic carboxylic acids is 1. The predicted octanol–water partition coefficient (Wildman–Crippen LogP) is -0.0458. The zero-order valence-corrected chi connectivity index (χ0v) is 17.8. The molecule has 2 atom stereocenters. The lowest BCUT2D eigenvalue weighted by molar-refractivity contribution is -0.147. The SMILES string of the molecule is C[C@@]1(C(=O)N[C@@H](CCC(O)O)C(=O)O)CCCN1C(=O)CNC(=O)OCc1ccccc1. The second kappa shape index (κ2) is 11.4. The standard InChI is InChI=1S/C21H29N3O8/c1-21(19(30)23-15(18(28)29)8-9-17(26)27)10-5-11-24(21)16(25)12-22-20(31)32-13-14-6-3-2-4-7-14/h2-4,6-7,15,17,26-27H,5,8-13H2,1H3,(H,22,31)(H,23,30)(H,28,29)/t15-,21-/m0/s1. The van der Waals surface area contributed by atoms with Gasteiger partial charge in [-0.15, -0.1) is 0 Å². The Bertz CT molecular complexity index is 817. The molecule has 2 rings (SSSR count). The van der Waals surface area contributed by atoms with Gasteiger partial charge in [-0.3, -0.25) is 9.59 Å².